The van der Waals surface area contributed by atoms with Crippen molar-refractivity contribution in [1.82, 2.24) is 14.9 Å². The van der Waals surface area contributed by atoms with Crippen molar-refractivity contribution >= 4 is 46.6 Å². The molecule has 2 aromatic carbocycles. The van der Waals surface area contributed by atoms with Crippen molar-refractivity contribution < 1.29 is 4.79 Å². The van der Waals surface area contributed by atoms with Gasteiger partial charge in [0.1, 0.15) is 0 Å². The first-order chi connectivity index (χ1) is 13.4. The quantitative estimate of drug-likeness (QED) is 0.455. The van der Waals surface area contributed by atoms with Crippen LogP contribution in [0.25, 0.3) is 11.4 Å². The lowest BCUT2D eigenvalue weighted by Crippen LogP contribution is -2.38. The standard InChI is InChI=1S/C19H19Cl2N5OS/c1-12(2)25(14-6-4-3-5-7-14)17(27)11-28-19-24-23-18(26(19)22)15-9-8-13(20)10-16(15)21/h3-10,12H,11,22H2,1-2H3. The molecule has 0 saturated carbocycles. The third-order valence-corrected chi connectivity index (χ3v) is 5.46. The molecule has 1 amide bonds. The number of nitrogens with two attached hydrogens (primary N) is 1. The molecular weight excluding hydrogens is 417 g/mol. The topological polar surface area (TPSA) is 77.0 Å². The number of para-hydroxylation sites is 1. The summed E-state index contributed by atoms with van der Waals surface area (Å²) in [6.45, 7) is 3.95. The molecule has 0 saturated heterocycles. The molecule has 6 nitrogen and oxygen atoms in total. The minimum Gasteiger partial charge on any atom is -0.335 e. The van der Waals surface area contributed by atoms with Gasteiger partial charge in [0.25, 0.3) is 0 Å². The van der Waals surface area contributed by atoms with Crippen molar-refractivity contribution in [2.75, 3.05) is 16.5 Å². The Labute approximate surface area is 177 Å². The Morgan fingerprint density at radius 1 is 1.18 bits per heavy atom. The van der Waals surface area contributed by atoms with Crippen LogP contribution in [0.2, 0.25) is 10.0 Å². The lowest BCUT2D eigenvalue weighted by atomic mass is 10.2. The van der Waals surface area contributed by atoms with Crippen molar-refractivity contribution in [3.05, 3.63) is 58.6 Å². The lowest BCUT2D eigenvalue weighted by molar-refractivity contribution is -0.116. The van der Waals surface area contributed by atoms with E-state index in [0.29, 0.717) is 26.6 Å². The molecule has 3 aromatic rings. The molecule has 0 unspecified atom stereocenters. The highest BCUT2D eigenvalue weighted by Crippen LogP contribution is 2.30. The predicted octanol–water partition coefficient (Wildman–Crippen LogP) is 4.50. The Bertz CT molecular complexity index is 978. The van der Waals surface area contributed by atoms with E-state index in [2.05, 4.69) is 10.2 Å². The second kappa shape index (κ2) is 8.86. The number of hydrogen-bond donors (Lipinski definition) is 1. The number of halogens is 2. The number of thioether (sulfide) groups is 1. The Hall–Kier alpha value is -2.22. The van der Waals surface area contributed by atoms with E-state index in [4.69, 9.17) is 29.0 Å². The third-order valence-electron chi connectivity index (χ3n) is 3.98. The Balaban J connectivity index is 1.76. The van der Waals surface area contributed by atoms with Gasteiger partial charge >= 0.3 is 0 Å². The molecule has 0 spiro atoms. The minimum absolute atomic E-state index is 0.0229. The van der Waals surface area contributed by atoms with Gasteiger partial charge in [-0.2, -0.15) is 0 Å². The van der Waals surface area contributed by atoms with E-state index in [9.17, 15) is 4.79 Å². The molecule has 1 aromatic heterocycles. The molecule has 146 valence electrons. The highest BCUT2D eigenvalue weighted by Gasteiger charge is 2.21. The summed E-state index contributed by atoms with van der Waals surface area (Å²) in [5.41, 5.74) is 1.47. The van der Waals surface area contributed by atoms with Gasteiger partial charge in [-0.3, -0.25) is 4.79 Å². The van der Waals surface area contributed by atoms with E-state index < -0.39 is 0 Å². The number of aromatic nitrogens is 3. The molecule has 28 heavy (non-hydrogen) atoms. The van der Waals surface area contributed by atoms with Crippen LogP contribution in [0.5, 0.6) is 0 Å². The summed E-state index contributed by atoms with van der Waals surface area (Å²) < 4.78 is 1.33. The zero-order chi connectivity index (χ0) is 20.3. The van der Waals surface area contributed by atoms with E-state index in [0.717, 1.165) is 5.69 Å². The summed E-state index contributed by atoms with van der Waals surface area (Å²) in [5.74, 6) is 6.67. The van der Waals surface area contributed by atoms with Crippen molar-refractivity contribution in [1.29, 1.82) is 0 Å². The highest BCUT2D eigenvalue weighted by atomic mass is 35.5. The monoisotopic (exact) mass is 435 g/mol. The van der Waals surface area contributed by atoms with Crippen LogP contribution in [0, 0.1) is 0 Å². The second-order valence-electron chi connectivity index (χ2n) is 6.28. The normalized spacial score (nSPS) is 11.0. The smallest absolute Gasteiger partial charge is 0.237 e. The molecular formula is C19H19Cl2N5OS. The van der Waals surface area contributed by atoms with Crippen molar-refractivity contribution in [3.8, 4) is 11.4 Å². The second-order valence-corrected chi connectivity index (χ2v) is 8.07. The SMILES string of the molecule is CC(C)N(C(=O)CSc1nnc(-c2ccc(Cl)cc2Cl)n1N)c1ccccc1. The average molecular weight is 436 g/mol. The molecule has 0 aliphatic rings. The molecule has 0 aliphatic heterocycles. The highest BCUT2D eigenvalue weighted by molar-refractivity contribution is 7.99. The maximum absolute atomic E-state index is 12.8. The number of carbonyl (C=O) groups is 1. The average Bonchev–Trinajstić information content (AvgIpc) is 3.01. The number of nitrogen functional groups attached to an aromatic ring is 1. The van der Waals surface area contributed by atoms with Crippen molar-refractivity contribution in [3.63, 3.8) is 0 Å². The zero-order valence-corrected chi connectivity index (χ0v) is 17.7. The molecule has 3 rings (SSSR count). The summed E-state index contributed by atoms with van der Waals surface area (Å²) in [4.78, 5) is 14.6. The fourth-order valence-electron chi connectivity index (χ4n) is 2.74. The largest absolute Gasteiger partial charge is 0.335 e. The van der Waals surface area contributed by atoms with Gasteiger partial charge in [-0.05, 0) is 44.2 Å². The number of benzene rings is 2. The van der Waals surface area contributed by atoms with Gasteiger partial charge in [-0.1, -0.05) is 53.2 Å². The first-order valence-corrected chi connectivity index (χ1v) is 10.3. The van der Waals surface area contributed by atoms with Gasteiger partial charge in [-0.25, -0.2) is 4.68 Å². The molecule has 0 atom stereocenters. The number of nitrogens with zero attached hydrogens (tertiary/aromatic N) is 4. The third kappa shape index (κ3) is 4.43. The molecule has 2 N–H and O–H groups in total. The Morgan fingerprint density at radius 2 is 1.89 bits per heavy atom. The van der Waals surface area contributed by atoms with Gasteiger partial charge in [0.15, 0.2) is 5.82 Å². The summed E-state index contributed by atoms with van der Waals surface area (Å²) in [7, 11) is 0. The maximum Gasteiger partial charge on any atom is 0.237 e. The van der Waals surface area contributed by atoms with Crippen LogP contribution in [0.1, 0.15) is 13.8 Å². The summed E-state index contributed by atoms with van der Waals surface area (Å²) in [5, 5.41) is 9.57. The summed E-state index contributed by atoms with van der Waals surface area (Å²) in [6.07, 6.45) is 0. The van der Waals surface area contributed by atoms with Crippen LogP contribution in [-0.4, -0.2) is 32.6 Å². The molecule has 0 fully saturated rings. The van der Waals surface area contributed by atoms with E-state index in [1.807, 2.05) is 44.2 Å². The van der Waals surface area contributed by atoms with E-state index in [1.54, 1.807) is 23.1 Å². The number of hydrogen-bond acceptors (Lipinski definition) is 5. The van der Waals surface area contributed by atoms with Crippen molar-refractivity contribution in [2.24, 2.45) is 0 Å². The first kappa shape index (κ1) is 20.5. The van der Waals surface area contributed by atoms with Crippen LogP contribution in [-0.2, 0) is 4.79 Å². The molecule has 9 heteroatoms. The molecule has 1 heterocycles. The summed E-state index contributed by atoms with van der Waals surface area (Å²) >= 11 is 13.4. The molecule has 0 bridgehead atoms. The van der Waals surface area contributed by atoms with Gasteiger partial charge < -0.3 is 10.7 Å². The maximum atomic E-state index is 12.8. The van der Waals surface area contributed by atoms with E-state index >= 15 is 0 Å². The first-order valence-electron chi connectivity index (χ1n) is 8.54. The van der Waals surface area contributed by atoms with Crippen LogP contribution in [0.4, 0.5) is 5.69 Å². The summed E-state index contributed by atoms with van der Waals surface area (Å²) in [6, 6.07) is 14.6. The predicted molar refractivity (Wildman–Crippen MR) is 115 cm³/mol. The Morgan fingerprint density at radius 3 is 2.54 bits per heavy atom. The Kier molecular flexibility index (Phi) is 6.49. The van der Waals surface area contributed by atoms with Crippen molar-refractivity contribution in [2.45, 2.75) is 25.0 Å². The number of anilines is 1. The zero-order valence-electron chi connectivity index (χ0n) is 15.3. The van der Waals surface area contributed by atoms with Gasteiger partial charge in [0.2, 0.25) is 11.1 Å². The van der Waals surface area contributed by atoms with Gasteiger partial charge in [0, 0.05) is 22.3 Å². The molecule has 0 radical (unpaired) electrons. The van der Waals surface area contributed by atoms with Crippen LogP contribution in [0.15, 0.2) is 53.7 Å². The van der Waals surface area contributed by atoms with Gasteiger partial charge in [0.05, 0.1) is 10.8 Å². The van der Waals surface area contributed by atoms with Crippen LogP contribution < -0.4 is 10.7 Å². The van der Waals surface area contributed by atoms with Crippen LogP contribution >= 0.6 is 35.0 Å². The van der Waals surface area contributed by atoms with Crippen LogP contribution in [0.3, 0.4) is 0 Å². The lowest BCUT2D eigenvalue weighted by Gasteiger charge is -2.26. The van der Waals surface area contributed by atoms with Gasteiger partial charge in [-0.15, -0.1) is 10.2 Å². The fraction of sp³-hybridized carbons (Fsp3) is 0.211. The number of carbonyl (C=O) groups excluding carboxylic acids is 1. The number of rotatable bonds is 6. The minimum atomic E-state index is -0.0414. The molecule has 0 aliphatic carbocycles. The van der Waals surface area contributed by atoms with E-state index in [-0.39, 0.29) is 17.7 Å². The number of amides is 1. The van der Waals surface area contributed by atoms with E-state index in [1.165, 1.54) is 16.4 Å². The fourth-order valence-corrected chi connectivity index (χ4v) is 3.95.